The number of rotatable bonds is 1. The molecule has 0 saturated carbocycles. The SMILES string of the molecule is Clc1cc(-c2nc(Cl)c3c(n2)CCCCC3)ccc1Br. The largest absolute Gasteiger partial charge is 0.233 e. The highest BCUT2D eigenvalue weighted by atomic mass is 79.9. The van der Waals surface area contributed by atoms with E-state index in [0.717, 1.165) is 34.1 Å². The average molecular weight is 372 g/mol. The quantitative estimate of drug-likeness (QED) is 0.489. The Bertz CT molecular complexity index is 659. The van der Waals surface area contributed by atoms with E-state index in [-0.39, 0.29) is 0 Å². The molecule has 1 heterocycles. The highest BCUT2D eigenvalue weighted by molar-refractivity contribution is 9.10. The molecule has 0 bridgehead atoms. The summed E-state index contributed by atoms with van der Waals surface area (Å²) >= 11 is 15.9. The minimum atomic E-state index is 0.589. The number of hydrogen-bond acceptors (Lipinski definition) is 2. The maximum Gasteiger partial charge on any atom is 0.161 e. The smallest absolute Gasteiger partial charge is 0.161 e. The summed E-state index contributed by atoms with van der Waals surface area (Å²) in [7, 11) is 0. The van der Waals surface area contributed by atoms with Gasteiger partial charge in [-0.15, -0.1) is 0 Å². The van der Waals surface area contributed by atoms with Crippen LogP contribution < -0.4 is 0 Å². The number of aryl methyl sites for hydroxylation is 1. The Morgan fingerprint density at radius 1 is 1.00 bits per heavy atom. The first-order chi connectivity index (χ1) is 9.65. The molecule has 1 aliphatic rings. The number of halogens is 3. The van der Waals surface area contributed by atoms with Gasteiger partial charge in [-0.1, -0.05) is 29.6 Å². The fourth-order valence-corrected chi connectivity index (χ4v) is 3.20. The Morgan fingerprint density at radius 2 is 1.80 bits per heavy atom. The van der Waals surface area contributed by atoms with Crippen molar-refractivity contribution in [1.29, 1.82) is 0 Å². The minimum absolute atomic E-state index is 0.589. The van der Waals surface area contributed by atoms with Gasteiger partial charge < -0.3 is 0 Å². The summed E-state index contributed by atoms with van der Waals surface area (Å²) in [6.45, 7) is 0. The lowest BCUT2D eigenvalue weighted by molar-refractivity contribution is 0.709. The summed E-state index contributed by atoms with van der Waals surface area (Å²) in [5, 5.41) is 1.24. The molecule has 0 saturated heterocycles. The van der Waals surface area contributed by atoms with Crippen LogP contribution in [0.15, 0.2) is 22.7 Å². The Labute approximate surface area is 136 Å². The van der Waals surface area contributed by atoms with E-state index in [0.29, 0.717) is 16.0 Å². The van der Waals surface area contributed by atoms with Gasteiger partial charge in [-0.2, -0.15) is 0 Å². The first-order valence-corrected chi connectivity index (χ1v) is 8.21. The van der Waals surface area contributed by atoms with Crippen molar-refractivity contribution in [1.82, 2.24) is 9.97 Å². The molecule has 104 valence electrons. The molecule has 1 aliphatic carbocycles. The van der Waals surface area contributed by atoms with Gasteiger partial charge >= 0.3 is 0 Å². The summed E-state index contributed by atoms with van der Waals surface area (Å²) in [6.07, 6.45) is 5.52. The molecule has 0 unspecified atom stereocenters. The van der Waals surface area contributed by atoms with E-state index in [1.54, 1.807) is 0 Å². The van der Waals surface area contributed by atoms with Crippen molar-refractivity contribution in [2.45, 2.75) is 32.1 Å². The minimum Gasteiger partial charge on any atom is -0.233 e. The Kier molecular flexibility index (Phi) is 4.29. The maximum absolute atomic E-state index is 6.35. The predicted octanol–water partition coefficient (Wildman–Crippen LogP) is 5.48. The Balaban J connectivity index is 2.08. The van der Waals surface area contributed by atoms with Crippen molar-refractivity contribution in [3.63, 3.8) is 0 Å². The van der Waals surface area contributed by atoms with Crippen molar-refractivity contribution < 1.29 is 0 Å². The first kappa shape index (κ1) is 14.3. The second-order valence-corrected chi connectivity index (χ2v) is 6.57. The zero-order chi connectivity index (χ0) is 14.1. The lowest BCUT2D eigenvalue weighted by Crippen LogP contribution is -2.02. The Morgan fingerprint density at radius 3 is 2.60 bits per heavy atom. The second kappa shape index (κ2) is 6.00. The molecular weight excluding hydrogens is 359 g/mol. The third-order valence-corrected chi connectivity index (χ3v) is 5.11. The van der Waals surface area contributed by atoms with Crippen LogP contribution in [0.5, 0.6) is 0 Å². The van der Waals surface area contributed by atoms with E-state index in [4.69, 9.17) is 28.2 Å². The van der Waals surface area contributed by atoms with Crippen LogP contribution in [0.25, 0.3) is 11.4 Å². The van der Waals surface area contributed by atoms with Gasteiger partial charge in [0.05, 0.1) is 5.02 Å². The molecule has 0 radical (unpaired) electrons. The Hall–Kier alpha value is -0.640. The van der Waals surface area contributed by atoms with Gasteiger partial charge in [0.1, 0.15) is 5.15 Å². The van der Waals surface area contributed by atoms with Crippen molar-refractivity contribution in [3.8, 4) is 11.4 Å². The first-order valence-electron chi connectivity index (χ1n) is 6.66. The van der Waals surface area contributed by atoms with Crippen LogP contribution in [0.1, 0.15) is 30.5 Å². The molecule has 0 N–H and O–H groups in total. The van der Waals surface area contributed by atoms with E-state index in [1.165, 1.54) is 19.3 Å². The molecule has 0 fully saturated rings. The zero-order valence-corrected chi connectivity index (χ0v) is 13.9. The summed E-state index contributed by atoms with van der Waals surface area (Å²) in [5.74, 6) is 0.657. The highest BCUT2D eigenvalue weighted by Gasteiger charge is 2.16. The second-order valence-electron chi connectivity index (χ2n) is 4.95. The van der Waals surface area contributed by atoms with E-state index in [2.05, 4.69) is 20.9 Å². The molecule has 1 aromatic carbocycles. The van der Waals surface area contributed by atoms with Crippen LogP contribution in [-0.4, -0.2) is 9.97 Å². The molecule has 5 heteroatoms. The summed E-state index contributed by atoms with van der Waals surface area (Å²) in [4.78, 5) is 9.16. The maximum atomic E-state index is 6.35. The van der Waals surface area contributed by atoms with Crippen LogP contribution in [0, 0.1) is 0 Å². The lowest BCUT2D eigenvalue weighted by atomic mass is 10.1. The summed E-state index contributed by atoms with van der Waals surface area (Å²) < 4.78 is 0.865. The van der Waals surface area contributed by atoms with Gasteiger partial charge in [0, 0.05) is 21.3 Å². The molecule has 0 spiro atoms. The van der Waals surface area contributed by atoms with Gasteiger partial charge in [0.25, 0.3) is 0 Å². The fourth-order valence-electron chi connectivity index (χ4n) is 2.49. The average Bonchev–Trinajstić information content (AvgIpc) is 2.67. The van der Waals surface area contributed by atoms with E-state index >= 15 is 0 Å². The topological polar surface area (TPSA) is 25.8 Å². The normalized spacial score (nSPS) is 14.8. The third-order valence-electron chi connectivity index (χ3n) is 3.56. The van der Waals surface area contributed by atoms with E-state index in [1.807, 2.05) is 18.2 Å². The standard InChI is InChI=1S/C15H13BrCl2N2/c16-11-7-6-9(8-12(11)17)15-19-13-5-3-1-2-4-10(13)14(18)20-15/h6-8H,1-5H2. The zero-order valence-electron chi connectivity index (χ0n) is 10.8. The molecule has 2 aromatic rings. The molecule has 0 atom stereocenters. The fraction of sp³-hybridized carbons (Fsp3) is 0.333. The van der Waals surface area contributed by atoms with Crippen molar-refractivity contribution in [2.24, 2.45) is 0 Å². The monoisotopic (exact) mass is 370 g/mol. The molecule has 0 aliphatic heterocycles. The molecule has 2 nitrogen and oxygen atoms in total. The molecule has 0 amide bonds. The van der Waals surface area contributed by atoms with Gasteiger partial charge in [-0.25, -0.2) is 9.97 Å². The van der Waals surface area contributed by atoms with Gasteiger partial charge in [0.15, 0.2) is 5.82 Å². The van der Waals surface area contributed by atoms with Crippen LogP contribution >= 0.6 is 39.1 Å². The van der Waals surface area contributed by atoms with Crippen molar-refractivity contribution in [3.05, 3.63) is 44.1 Å². The van der Waals surface area contributed by atoms with E-state index < -0.39 is 0 Å². The number of fused-ring (bicyclic) bond motifs is 1. The number of hydrogen-bond donors (Lipinski definition) is 0. The predicted molar refractivity (Wildman–Crippen MR) is 86.4 cm³/mol. The van der Waals surface area contributed by atoms with Gasteiger partial charge in [-0.3, -0.25) is 0 Å². The number of aromatic nitrogens is 2. The molecule has 3 rings (SSSR count). The van der Waals surface area contributed by atoms with Crippen molar-refractivity contribution >= 4 is 39.1 Å². The van der Waals surface area contributed by atoms with Crippen LogP contribution in [-0.2, 0) is 12.8 Å². The third kappa shape index (κ3) is 2.85. The van der Waals surface area contributed by atoms with Gasteiger partial charge in [0.2, 0.25) is 0 Å². The summed E-state index contributed by atoms with van der Waals surface area (Å²) in [6, 6.07) is 5.71. The molecule has 20 heavy (non-hydrogen) atoms. The molecule has 1 aromatic heterocycles. The van der Waals surface area contributed by atoms with Crippen LogP contribution in [0.4, 0.5) is 0 Å². The number of nitrogens with zero attached hydrogens (tertiary/aromatic N) is 2. The molecular formula is C15H13BrCl2N2. The van der Waals surface area contributed by atoms with Gasteiger partial charge in [-0.05, 0) is 59.8 Å². The van der Waals surface area contributed by atoms with Crippen LogP contribution in [0.2, 0.25) is 10.2 Å². The summed E-state index contributed by atoms with van der Waals surface area (Å²) in [5.41, 5.74) is 3.11. The van der Waals surface area contributed by atoms with Crippen LogP contribution in [0.3, 0.4) is 0 Å². The van der Waals surface area contributed by atoms with Crippen molar-refractivity contribution in [2.75, 3.05) is 0 Å². The number of benzene rings is 1. The highest BCUT2D eigenvalue weighted by Crippen LogP contribution is 2.30. The van der Waals surface area contributed by atoms with E-state index in [9.17, 15) is 0 Å². The lowest BCUT2D eigenvalue weighted by Gasteiger charge is -2.10.